The van der Waals surface area contributed by atoms with Crippen LogP contribution in [-0.2, 0) is 28.6 Å². The van der Waals surface area contributed by atoms with Crippen LogP contribution in [0, 0.1) is 0 Å². The molecule has 0 aromatic rings. The van der Waals surface area contributed by atoms with Gasteiger partial charge >= 0.3 is 17.9 Å². The minimum Gasteiger partial charge on any atom is -0.462 e. The first-order valence-corrected chi connectivity index (χ1v) is 34.3. The molecule has 454 valence electrons. The Balaban J connectivity index is 4.16. The fourth-order valence-corrected chi connectivity index (χ4v) is 10.0. The molecule has 1 unspecified atom stereocenters. The van der Waals surface area contributed by atoms with Crippen LogP contribution in [0.15, 0.2) is 60.8 Å². The third-order valence-electron chi connectivity index (χ3n) is 15.2. The van der Waals surface area contributed by atoms with Crippen molar-refractivity contribution in [2.75, 3.05) is 13.2 Å². The summed E-state index contributed by atoms with van der Waals surface area (Å²) in [6, 6.07) is 0. The fourth-order valence-electron chi connectivity index (χ4n) is 10.0. The molecule has 0 fully saturated rings. The lowest BCUT2D eigenvalue weighted by Gasteiger charge is -2.18. The predicted octanol–water partition coefficient (Wildman–Crippen LogP) is 23.5. The van der Waals surface area contributed by atoms with Crippen LogP contribution in [-0.4, -0.2) is 37.2 Å². The van der Waals surface area contributed by atoms with E-state index in [2.05, 4.69) is 81.5 Å². The molecular weight excluding hydrogens is 961 g/mol. The number of ether oxygens (including phenoxy) is 3. The number of carbonyl (C=O) groups is 3. The molecule has 0 aliphatic rings. The van der Waals surface area contributed by atoms with Gasteiger partial charge in [0.25, 0.3) is 0 Å². The summed E-state index contributed by atoms with van der Waals surface area (Å²) in [6.45, 7) is 6.58. The molecule has 78 heavy (non-hydrogen) atoms. The molecule has 0 heterocycles. The standard InChI is InChI=1S/C72H130O6/c1-4-7-10-13-16-19-22-25-27-29-30-31-32-33-34-35-36-37-38-39-40-41-42-43-45-47-50-53-56-59-62-65-71(74)77-68-69(67-76-70(73)64-61-58-55-52-49-46-24-21-18-15-12-9-6-3)78-72(75)66-63-60-57-54-51-48-44-28-26-23-20-17-14-11-8-5-2/h12,15,20-21,23-24,28-30,44,69H,4-11,13-14,16-19,22,25-27,31-43,45-68H2,1-3H3/b15-12-,23-20-,24-21-,30-29-,44-28-. The Morgan fingerprint density at radius 3 is 0.782 bits per heavy atom. The highest BCUT2D eigenvalue weighted by Gasteiger charge is 2.19. The Hall–Kier alpha value is -2.89. The van der Waals surface area contributed by atoms with E-state index >= 15 is 0 Å². The van der Waals surface area contributed by atoms with E-state index in [1.165, 1.54) is 212 Å². The number of hydrogen-bond acceptors (Lipinski definition) is 6. The summed E-state index contributed by atoms with van der Waals surface area (Å²) < 4.78 is 16.9. The van der Waals surface area contributed by atoms with Crippen molar-refractivity contribution in [3.05, 3.63) is 60.8 Å². The van der Waals surface area contributed by atoms with Gasteiger partial charge in [-0.3, -0.25) is 14.4 Å². The van der Waals surface area contributed by atoms with Gasteiger partial charge in [-0.25, -0.2) is 0 Å². The first-order valence-electron chi connectivity index (χ1n) is 34.3. The molecule has 6 heteroatoms. The number of unbranched alkanes of at least 4 members (excludes halogenated alkanes) is 42. The van der Waals surface area contributed by atoms with Gasteiger partial charge in [0.2, 0.25) is 0 Å². The van der Waals surface area contributed by atoms with Crippen molar-refractivity contribution in [3.63, 3.8) is 0 Å². The van der Waals surface area contributed by atoms with E-state index in [9.17, 15) is 14.4 Å². The normalized spacial score (nSPS) is 12.4. The molecule has 0 aromatic carbocycles. The lowest BCUT2D eigenvalue weighted by Crippen LogP contribution is -2.30. The minimum atomic E-state index is -0.787. The van der Waals surface area contributed by atoms with E-state index in [1.807, 2.05) is 0 Å². The quantitative estimate of drug-likeness (QED) is 0.0261. The van der Waals surface area contributed by atoms with Crippen LogP contribution < -0.4 is 0 Å². The van der Waals surface area contributed by atoms with E-state index < -0.39 is 6.10 Å². The SMILES string of the molecule is CCC/C=C\C/C=C\CCCCCCCC(=O)OCC(COC(=O)CCCCCCCCCCCCCCCCCCCCC/C=C\CCCCCCCCCC)OC(=O)CCCCCCC/C=C\C/C=C\CCCCCC. The molecule has 6 nitrogen and oxygen atoms in total. The Bertz CT molecular complexity index is 1390. The molecule has 0 spiro atoms. The molecule has 0 amide bonds. The fraction of sp³-hybridized carbons (Fsp3) is 0.819. The number of rotatable bonds is 63. The van der Waals surface area contributed by atoms with Crippen LogP contribution in [0.3, 0.4) is 0 Å². The third-order valence-corrected chi connectivity index (χ3v) is 15.2. The van der Waals surface area contributed by atoms with Crippen molar-refractivity contribution in [3.8, 4) is 0 Å². The van der Waals surface area contributed by atoms with Crippen LogP contribution in [0.1, 0.15) is 361 Å². The van der Waals surface area contributed by atoms with Gasteiger partial charge in [-0.1, -0.05) is 300 Å². The second kappa shape index (κ2) is 66.6. The largest absolute Gasteiger partial charge is 0.462 e. The van der Waals surface area contributed by atoms with E-state index in [0.717, 1.165) is 109 Å². The predicted molar refractivity (Wildman–Crippen MR) is 339 cm³/mol. The average molecular weight is 1090 g/mol. The summed E-state index contributed by atoms with van der Waals surface area (Å²) in [6.07, 6.45) is 85.4. The van der Waals surface area contributed by atoms with Crippen LogP contribution in [0.2, 0.25) is 0 Å². The van der Waals surface area contributed by atoms with Crippen LogP contribution in [0.4, 0.5) is 0 Å². The summed E-state index contributed by atoms with van der Waals surface area (Å²) in [5.41, 5.74) is 0. The average Bonchev–Trinajstić information content (AvgIpc) is 3.44. The van der Waals surface area contributed by atoms with E-state index in [0.29, 0.717) is 19.3 Å². The Labute approximate surface area is 485 Å². The molecule has 1 atom stereocenters. The molecule has 0 rings (SSSR count). The maximum atomic E-state index is 12.9. The van der Waals surface area contributed by atoms with Crippen molar-refractivity contribution in [2.24, 2.45) is 0 Å². The molecule has 0 saturated heterocycles. The first kappa shape index (κ1) is 75.1. The topological polar surface area (TPSA) is 78.9 Å². The van der Waals surface area contributed by atoms with Crippen LogP contribution in [0.25, 0.3) is 0 Å². The van der Waals surface area contributed by atoms with Gasteiger partial charge in [0, 0.05) is 19.3 Å². The zero-order valence-electron chi connectivity index (χ0n) is 52.2. The molecule has 0 aliphatic carbocycles. The van der Waals surface area contributed by atoms with Gasteiger partial charge in [0.05, 0.1) is 0 Å². The number of esters is 3. The highest BCUT2D eigenvalue weighted by Crippen LogP contribution is 2.17. The third kappa shape index (κ3) is 63.9. The number of carbonyl (C=O) groups excluding carboxylic acids is 3. The zero-order valence-corrected chi connectivity index (χ0v) is 52.2. The molecule has 0 radical (unpaired) electrons. The maximum Gasteiger partial charge on any atom is 0.306 e. The van der Waals surface area contributed by atoms with Crippen LogP contribution >= 0.6 is 0 Å². The van der Waals surface area contributed by atoms with Gasteiger partial charge in [-0.2, -0.15) is 0 Å². The monoisotopic (exact) mass is 1090 g/mol. The second-order valence-electron chi connectivity index (χ2n) is 23.1. The van der Waals surface area contributed by atoms with Gasteiger partial charge in [-0.15, -0.1) is 0 Å². The molecule has 0 aromatic heterocycles. The highest BCUT2D eigenvalue weighted by atomic mass is 16.6. The van der Waals surface area contributed by atoms with Crippen molar-refractivity contribution in [1.82, 2.24) is 0 Å². The highest BCUT2D eigenvalue weighted by molar-refractivity contribution is 5.71. The van der Waals surface area contributed by atoms with Gasteiger partial charge in [-0.05, 0) is 103 Å². The summed E-state index contributed by atoms with van der Waals surface area (Å²) in [4.78, 5) is 38.3. The molecule has 0 N–H and O–H groups in total. The minimum absolute atomic E-state index is 0.0817. The second-order valence-corrected chi connectivity index (χ2v) is 23.1. The summed E-state index contributed by atoms with van der Waals surface area (Å²) >= 11 is 0. The summed E-state index contributed by atoms with van der Waals surface area (Å²) in [5.74, 6) is -0.893. The number of hydrogen-bond donors (Lipinski definition) is 0. The molecule has 0 saturated carbocycles. The maximum absolute atomic E-state index is 12.9. The van der Waals surface area contributed by atoms with Crippen molar-refractivity contribution >= 4 is 17.9 Å². The first-order chi connectivity index (χ1) is 38.5. The van der Waals surface area contributed by atoms with Gasteiger partial charge in [0.1, 0.15) is 13.2 Å². The van der Waals surface area contributed by atoms with E-state index in [4.69, 9.17) is 14.2 Å². The summed E-state index contributed by atoms with van der Waals surface area (Å²) in [7, 11) is 0. The lowest BCUT2D eigenvalue weighted by molar-refractivity contribution is -0.167. The van der Waals surface area contributed by atoms with Crippen LogP contribution in [0.5, 0.6) is 0 Å². The van der Waals surface area contributed by atoms with Crippen molar-refractivity contribution < 1.29 is 28.6 Å². The molecular formula is C72H130O6. The van der Waals surface area contributed by atoms with Gasteiger partial charge in [0.15, 0.2) is 6.10 Å². The lowest BCUT2D eigenvalue weighted by atomic mass is 10.0. The summed E-state index contributed by atoms with van der Waals surface area (Å²) in [5, 5.41) is 0. The van der Waals surface area contributed by atoms with Gasteiger partial charge < -0.3 is 14.2 Å². The van der Waals surface area contributed by atoms with Crippen molar-refractivity contribution in [1.29, 1.82) is 0 Å². The van der Waals surface area contributed by atoms with Crippen molar-refractivity contribution in [2.45, 2.75) is 367 Å². The molecule has 0 bridgehead atoms. The smallest absolute Gasteiger partial charge is 0.306 e. The Morgan fingerprint density at radius 2 is 0.487 bits per heavy atom. The Kier molecular flexibility index (Phi) is 64.2. The van der Waals surface area contributed by atoms with E-state index in [-0.39, 0.29) is 31.1 Å². The zero-order chi connectivity index (χ0) is 56.4. The number of allylic oxidation sites excluding steroid dienone is 10. The Morgan fingerprint density at radius 1 is 0.256 bits per heavy atom. The van der Waals surface area contributed by atoms with E-state index in [1.54, 1.807) is 0 Å². The molecule has 0 aliphatic heterocycles.